The van der Waals surface area contributed by atoms with Crippen LogP contribution in [0.2, 0.25) is 0 Å². The Morgan fingerprint density at radius 1 is 1.06 bits per heavy atom. The Morgan fingerprint density at radius 3 is 2.29 bits per heavy atom. The molecular weight excluding hydrogens is 247 g/mol. The second-order valence-electron chi connectivity index (χ2n) is 5.32. The zero-order chi connectivity index (χ0) is 12.5. The van der Waals surface area contributed by atoms with Crippen LogP contribution < -0.4 is 0 Å². The van der Waals surface area contributed by atoms with E-state index in [0.29, 0.717) is 0 Å². The summed E-state index contributed by atoms with van der Waals surface area (Å²) in [6.07, 6.45) is 2.58. The molecule has 0 saturated carbocycles. The standard InChI is InChI=1S/C15H18ClP/c1-15(2,3)17(16)11-7-10-14(12-17)13-8-5-4-6-9-13/h4-12H,1-3H3. The number of allylic oxidation sites excluding steroid dienone is 3. The summed E-state index contributed by atoms with van der Waals surface area (Å²) in [6, 6.07) is 10.4. The van der Waals surface area contributed by atoms with Gasteiger partial charge in [0, 0.05) is 6.24 Å². The van der Waals surface area contributed by atoms with Crippen LogP contribution in [0.1, 0.15) is 26.3 Å². The first-order chi connectivity index (χ1) is 7.92. The molecule has 90 valence electrons. The molecule has 17 heavy (non-hydrogen) atoms. The van der Waals surface area contributed by atoms with Gasteiger partial charge in [-0.15, -0.1) is 0 Å². The van der Waals surface area contributed by atoms with Crippen LogP contribution in [0.15, 0.2) is 48.3 Å². The molecule has 0 fully saturated rings. The lowest BCUT2D eigenvalue weighted by atomic mass is 10.1. The van der Waals surface area contributed by atoms with E-state index in [1.54, 1.807) is 0 Å². The zero-order valence-electron chi connectivity index (χ0n) is 10.5. The highest BCUT2D eigenvalue weighted by Gasteiger charge is 2.28. The Morgan fingerprint density at radius 2 is 1.71 bits per heavy atom. The molecule has 0 nitrogen and oxygen atoms in total. The molecule has 1 aliphatic rings. The molecule has 2 heteroatoms. The fourth-order valence-electron chi connectivity index (χ4n) is 1.78. The normalized spacial score (nSPS) is 24.1. The first-order valence-corrected chi connectivity index (χ1v) is 8.65. The van der Waals surface area contributed by atoms with Crippen LogP contribution in [0.4, 0.5) is 0 Å². The van der Waals surface area contributed by atoms with Gasteiger partial charge in [-0.25, -0.2) is 0 Å². The van der Waals surface area contributed by atoms with E-state index in [2.05, 4.69) is 68.8 Å². The molecule has 0 bridgehead atoms. The lowest BCUT2D eigenvalue weighted by Crippen LogP contribution is -2.12. The van der Waals surface area contributed by atoms with Crippen LogP contribution in [0.3, 0.4) is 0 Å². The van der Waals surface area contributed by atoms with Gasteiger partial charge in [0.1, 0.15) is 0 Å². The van der Waals surface area contributed by atoms with Crippen molar-refractivity contribution in [2.75, 3.05) is 0 Å². The average molecular weight is 265 g/mol. The smallest absolute Gasteiger partial charge is 0.00516 e. The van der Waals surface area contributed by atoms with E-state index in [1.165, 1.54) is 11.1 Å². The summed E-state index contributed by atoms with van der Waals surface area (Å²) in [5.41, 5.74) is 2.48. The molecule has 0 spiro atoms. The van der Waals surface area contributed by atoms with Gasteiger partial charge in [0.25, 0.3) is 0 Å². The van der Waals surface area contributed by atoms with Crippen molar-refractivity contribution >= 4 is 28.8 Å². The van der Waals surface area contributed by atoms with Crippen molar-refractivity contribution in [2.24, 2.45) is 0 Å². The molecular formula is C15H18ClP. The van der Waals surface area contributed by atoms with E-state index in [9.17, 15) is 0 Å². The molecule has 0 radical (unpaired) electrons. The third-order valence-corrected chi connectivity index (χ3v) is 8.51. The second kappa shape index (κ2) is 4.52. The topological polar surface area (TPSA) is 0 Å². The lowest BCUT2D eigenvalue weighted by molar-refractivity contribution is 0.793. The van der Waals surface area contributed by atoms with Crippen molar-refractivity contribution in [3.8, 4) is 0 Å². The van der Waals surface area contributed by atoms with Crippen molar-refractivity contribution in [3.63, 3.8) is 0 Å². The van der Waals surface area contributed by atoms with Crippen molar-refractivity contribution in [1.29, 1.82) is 0 Å². The van der Waals surface area contributed by atoms with Gasteiger partial charge in [-0.1, -0.05) is 74.5 Å². The minimum absolute atomic E-state index is 0.110. The molecule has 1 aliphatic heterocycles. The van der Waals surface area contributed by atoms with Gasteiger partial charge in [0.15, 0.2) is 0 Å². The Labute approximate surface area is 109 Å². The lowest BCUT2D eigenvalue weighted by Gasteiger charge is -2.32. The predicted octanol–water partition coefficient (Wildman–Crippen LogP) is 5.37. The number of rotatable bonds is 1. The summed E-state index contributed by atoms with van der Waals surface area (Å²) in [4.78, 5) is 0. The molecule has 0 N–H and O–H groups in total. The summed E-state index contributed by atoms with van der Waals surface area (Å²) in [5.74, 6) is 4.45. The first-order valence-electron chi connectivity index (χ1n) is 5.81. The van der Waals surface area contributed by atoms with Gasteiger partial charge in [-0.05, 0) is 27.9 Å². The maximum Gasteiger partial charge on any atom is 0.00516 e. The Bertz CT molecular complexity index is 516. The van der Waals surface area contributed by atoms with Crippen molar-refractivity contribution < 1.29 is 0 Å². The summed E-state index contributed by atoms with van der Waals surface area (Å²) in [6.45, 7) is 6.63. The monoisotopic (exact) mass is 264 g/mol. The third kappa shape index (κ3) is 2.59. The SMILES string of the molecule is CC(C)(C)P1(Cl)=CC=CC(c2ccccc2)=C1. The Kier molecular flexibility index (Phi) is 3.39. The fraction of sp³-hybridized carbons (Fsp3) is 0.267. The summed E-state index contributed by atoms with van der Waals surface area (Å²) < 4.78 is 0. The minimum Gasteiger partial charge on any atom is -0.0928 e. The first kappa shape index (κ1) is 12.7. The average Bonchev–Trinajstić information content (AvgIpc) is 2.29. The van der Waals surface area contributed by atoms with E-state index in [-0.39, 0.29) is 5.16 Å². The van der Waals surface area contributed by atoms with Gasteiger partial charge in [0.2, 0.25) is 0 Å². The summed E-state index contributed by atoms with van der Waals surface area (Å²) >= 11 is 6.82. The second-order valence-corrected chi connectivity index (χ2v) is 10.3. The van der Waals surface area contributed by atoms with Crippen LogP contribution in [0, 0.1) is 0 Å². The molecule has 0 aliphatic carbocycles. The van der Waals surface area contributed by atoms with Crippen LogP contribution in [0.5, 0.6) is 0 Å². The highest BCUT2D eigenvalue weighted by atomic mass is 35.7. The quantitative estimate of drug-likeness (QED) is 0.598. The number of halogens is 1. The molecule has 0 saturated heterocycles. The van der Waals surface area contributed by atoms with Crippen molar-refractivity contribution in [2.45, 2.75) is 25.9 Å². The maximum atomic E-state index is 6.82. The molecule has 0 aromatic heterocycles. The zero-order valence-corrected chi connectivity index (χ0v) is 12.2. The molecule has 2 rings (SSSR count). The number of benzene rings is 1. The summed E-state index contributed by atoms with van der Waals surface area (Å²) in [5, 5.41) is 0.110. The van der Waals surface area contributed by atoms with Gasteiger partial charge in [0.05, 0.1) is 0 Å². The summed E-state index contributed by atoms with van der Waals surface area (Å²) in [7, 11) is 0. The van der Waals surface area contributed by atoms with Gasteiger partial charge in [-0.3, -0.25) is 0 Å². The van der Waals surface area contributed by atoms with E-state index in [1.807, 2.05) is 6.07 Å². The molecule has 1 unspecified atom stereocenters. The maximum absolute atomic E-state index is 6.82. The van der Waals surface area contributed by atoms with E-state index in [0.717, 1.165) is 0 Å². The van der Waals surface area contributed by atoms with Gasteiger partial charge in [-0.2, -0.15) is 0 Å². The molecule has 1 aromatic rings. The van der Waals surface area contributed by atoms with Crippen LogP contribution in [-0.4, -0.2) is 11.0 Å². The van der Waals surface area contributed by atoms with Crippen LogP contribution >= 0.6 is 17.5 Å². The Balaban J connectivity index is 2.48. The molecule has 0 amide bonds. The third-order valence-electron chi connectivity index (χ3n) is 3.04. The molecule has 1 atom stereocenters. The highest BCUT2D eigenvalue weighted by Crippen LogP contribution is 2.66. The minimum atomic E-state index is -1.67. The fourth-order valence-corrected chi connectivity index (χ4v) is 4.19. The van der Waals surface area contributed by atoms with Crippen LogP contribution in [-0.2, 0) is 0 Å². The van der Waals surface area contributed by atoms with Crippen LogP contribution in [0.25, 0.3) is 5.57 Å². The van der Waals surface area contributed by atoms with Crippen molar-refractivity contribution in [1.82, 2.24) is 0 Å². The van der Waals surface area contributed by atoms with Crippen molar-refractivity contribution in [3.05, 3.63) is 53.9 Å². The highest BCUT2D eigenvalue weighted by molar-refractivity contribution is 8.01. The van der Waals surface area contributed by atoms with E-state index in [4.69, 9.17) is 11.2 Å². The molecule has 1 aromatic carbocycles. The van der Waals surface area contributed by atoms with Gasteiger partial charge < -0.3 is 0 Å². The van der Waals surface area contributed by atoms with E-state index < -0.39 is 6.24 Å². The van der Waals surface area contributed by atoms with E-state index >= 15 is 0 Å². The number of hydrogen-bond acceptors (Lipinski definition) is 0. The predicted molar refractivity (Wildman–Crippen MR) is 82.1 cm³/mol. The molecule has 1 heterocycles. The largest absolute Gasteiger partial charge is 0.0928 e. The van der Waals surface area contributed by atoms with Gasteiger partial charge >= 0.3 is 0 Å². The number of hydrogen-bond donors (Lipinski definition) is 0. The Hall–Kier alpha value is -0.710.